The molecule has 0 amide bonds. The van der Waals surface area contributed by atoms with Gasteiger partial charge in [0.05, 0.1) is 0 Å². The van der Waals surface area contributed by atoms with Crippen LogP contribution in [0.25, 0.3) is 0 Å². The topological polar surface area (TPSA) is 44.8 Å². The maximum Gasteiger partial charge on any atom is 0.341 e. The van der Waals surface area contributed by atoms with Gasteiger partial charge in [0, 0.05) is 5.33 Å². The zero-order valence-corrected chi connectivity index (χ0v) is 9.96. The molecule has 0 spiro atoms. The van der Waals surface area contributed by atoms with Gasteiger partial charge in [0.2, 0.25) is 0 Å². The highest BCUT2D eigenvalue weighted by Crippen LogP contribution is 2.43. The summed E-state index contributed by atoms with van der Waals surface area (Å²) in [4.78, 5) is 11.6. The maximum atomic E-state index is 11.6. The van der Waals surface area contributed by atoms with E-state index in [1.807, 2.05) is 0 Å². The van der Waals surface area contributed by atoms with Crippen molar-refractivity contribution in [3.05, 3.63) is 0 Å². The van der Waals surface area contributed by atoms with E-state index < -0.39 is 11.4 Å². The van der Waals surface area contributed by atoms with Crippen LogP contribution in [0.3, 0.4) is 0 Å². The molecular formula is C9H13BrO4. The summed E-state index contributed by atoms with van der Waals surface area (Å²) in [5.41, 5.74) is -0.943. The first-order valence-electron chi connectivity index (χ1n) is 4.54. The van der Waals surface area contributed by atoms with Crippen molar-refractivity contribution in [1.29, 1.82) is 0 Å². The highest BCUT2D eigenvalue weighted by molar-refractivity contribution is 9.09. The minimum atomic E-state index is -0.943. The summed E-state index contributed by atoms with van der Waals surface area (Å²) >= 11 is 3.29. The molecule has 2 heterocycles. The third-order valence-corrected chi connectivity index (χ3v) is 3.20. The van der Waals surface area contributed by atoms with Gasteiger partial charge in [-0.15, -0.1) is 0 Å². The number of hydrogen-bond donors (Lipinski definition) is 0. The Hall–Kier alpha value is -0.130. The molecule has 0 aromatic carbocycles. The van der Waals surface area contributed by atoms with Gasteiger partial charge in [0.25, 0.3) is 0 Å². The van der Waals surface area contributed by atoms with E-state index in [0.29, 0.717) is 5.33 Å². The number of halogens is 1. The second-order valence-corrected chi connectivity index (χ2v) is 4.89. The van der Waals surface area contributed by atoms with Gasteiger partial charge in [-0.1, -0.05) is 15.9 Å². The lowest BCUT2D eigenvalue weighted by Crippen LogP contribution is -2.41. The molecule has 0 bridgehead atoms. The lowest BCUT2D eigenvalue weighted by atomic mass is 9.99. The number of rotatable bonds is 1. The molecule has 0 unspecified atom stereocenters. The Balaban J connectivity index is 2.30. The number of carbonyl (C=O) groups excluding carboxylic acids is 1. The quantitative estimate of drug-likeness (QED) is 0.528. The first kappa shape index (κ1) is 10.4. The van der Waals surface area contributed by atoms with Crippen LogP contribution in [0.2, 0.25) is 0 Å². The predicted molar refractivity (Wildman–Crippen MR) is 52.1 cm³/mol. The number of cyclic esters (lactones) is 1. The first-order valence-corrected chi connectivity index (χ1v) is 5.66. The molecule has 5 heteroatoms. The summed E-state index contributed by atoms with van der Waals surface area (Å²) in [5.74, 6) is -1.04. The second-order valence-electron chi connectivity index (χ2n) is 4.25. The molecule has 4 nitrogen and oxygen atoms in total. The van der Waals surface area contributed by atoms with E-state index in [9.17, 15) is 4.79 Å². The zero-order valence-electron chi connectivity index (χ0n) is 8.37. The van der Waals surface area contributed by atoms with Crippen molar-refractivity contribution in [2.45, 2.75) is 44.4 Å². The van der Waals surface area contributed by atoms with Crippen molar-refractivity contribution in [2.24, 2.45) is 0 Å². The van der Waals surface area contributed by atoms with Crippen LogP contribution >= 0.6 is 15.9 Å². The van der Waals surface area contributed by atoms with Crippen molar-refractivity contribution in [2.75, 3.05) is 5.33 Å². The molecule has 0 aromatic rings. The van der Waals surface area contributed by atoms with Crippen molar-refractivity contribution >= 4 is 21.9 Å². The summed E-state index contributed by atoms with van der Waals surface area (Å²) in [6.07, 6.45) is -0.571. The largest absolute Gasteiger partial charge is 0.456 e. The van der Waals surface area contributed by atoms with Crippen LogP contribution in [-0.4, -0.2) is 34.9 Å². The molecule has 2 aliphatic rings. The fourth-order valence-corrected chi connectivity index (χ4v) is 2.50. The molecule has 3 atom stereocenters. The zero-order chi connectivity index (χ0) is 10.6. The van der Waals surface area contributed by atoms with Gasteiger partial charge in [0.15, 0.2) is 11.4 Å². The van der Waals surface area contributed by atoms with Crippen LogP contribution < -0.4 is 0 Å². The summed E-state index contributed by atoms with van der Waals surface area (Å²) in [6, 6.07) is 0. The molecular weight excluding hydrogens is 252 g/mol. The summed E-state index contributed by atoms with van der Waals surface area (Å²) in [5, 5.41) is 0.568. The van der Waals surface area contributed by atoms with Crippen LogP contribution in [0.4, 0.5) is 0 Å². The van der Waals surface area contributed by atoms with Gasteiger partial charge in [-0.3, -0.25) is 0 Å². The molecule has 2 aliphatic heterocycles. The molecule has 2 saturated heterocycles. The number of ether oxygens (including phenoxy) is 3. The van der Waals surface area contributed by atoms with E-state index in [1.54, 1.807) is 20.8 Å². The monoisotopic (exact) mass is 264 g/mol. The smallest absolute Gasteiger partial charge is 0.341 e. The summed E-state index contributed by atoms with van der Waals surface area (Å²) in [7, 11) is 0. The highest BCUT2D eigenvalue weighted by atomic mass is 79.9. The molecule has 0 radical (unpaired) electrons. The third-order valence-electron chi connectivity index (χ3n) is 2.56. The van der Waals surface area contributed by atoms with E-state index in [-0.39, 0.29) is 18.2 Å². The Morgan fingerprint density at radius 3 is 2.64 bits per heavy atom. The normalized spacial score (nSPS) is 45.0. The maximum absolute atomic E-state index is 11.6. The summed E-state index contributed by atoms with van der Waals surface area (Å²) < 4.78 is 16.4. The van der Waals surface area contributed by atoms with Crippen LogP contribution in [0.5, 0.6) is 0 Å². The standard InChI is InChI=1S/C9H13BrO4/c1-8(2)13-6-5(4-10)12-7(11)9(6,3)14-8/h5-6H,4H2,1-3H3/t5-,6+,9+/m1/s1. The minimum Gasteiger partial charge on any atom is -0.456 e. The van der Waals surface area contributed by atoms with Gasteiger partial charge in [-0.05, 0) is 20.8 Å². The van der Waals surface area contributed by atoms with Crippen molar-refractivity contribution in [3.8, 4) is 0 Å². The van der Waals surface area contributed by atoms with E-state index in [2.05, 4.69) is 15.9 Å². The average Bonchev–Trinajstić information content (AvgIpc) is 2.42. The van der Waals surface area contributed by atoms with E-state index in [4.69, 9.17) is 14.2 Å². The van der Waals surface area contributed by atoms with E-state index >= 15 is 0 Å². The fraction of sp³-hybridized carbons (Fsp3) is 0.889. The van der Waals surface area contributed by atoms with E-state index in [0.717, 1.165) is 0 Å². The van der Waals surface area contributed by atoms with Crippen LogP contribution in [0.15, 0.2) is 0 Å². The molecule has 80 valence electrons. The van der Waals surface area contributed by atoms with Gasteiger partial charge in [-0.2, -0.15) is 0 Å². The Morgan fingerprint density at radius 2 is 2.07 bits per heavy atom. The predicted octanol–water partition coefficient (Wildman–Crippen LogP) is 1.22. The summed E-state index contributed by atoms with van der Waals surface area (Å²) in [6.45, 7) is 5.32. The molecule has 2 fully saturated rings. The van der Waals surface area contributed by atoms with Crippen LogP contribution in [0, 0.1) is 0 Å². The number of esters is 1. The van der Waals surface area contributed by atoms with Crippen molar-refractivity contribution < 1.29 is 19.0 Å². The Morgan fingerprint density at radius 1 is 1.43 bits per heavy atom. The van der Waals surface area contributed by atoms with Crippen molar-refractivity contribution in [1.82, 2.24) is 0 Å². The molecule has 2 rings (SSSR count). The first-order chi connectivity index (χ1) is 6.39. The fourth-order valence-electron chi connectivity index (χ4n) is 2.03. The van der Waals surface area contributed by atoms with Gasteiger partial charge >= 0.3 is 5.97 Å². The van der Waals surface area contributed by atoms with Crippen molar-refractivity contribution in [3.63, 3.8) is 0 Å². The second kappa shape index (κ2) is 2.93. The lowest BCUT2D eigenvalue weighted by molar-refractivity contribution is -0.195. The molecule has 0 aliphatic carbocycles. The van der Waals surface area contributed by atoms with Crippen LogP contribution in [0.1, 0.15) is 20.8 Å². The van der Waals surface area contributed by atoms with Crippen LogP contribution in [-0.2, 0) is 19.0 Å². The Labute approximate surface area is 91.0 Å². The lowest BCUT2D eigenvalue weighted by Gasteiger charge is -2.21. The highest BCUT2D eigenvalue weighted by Gasteiger charge is 2.64. The Kier molecular flexibility index (Phi) is 2.18. The number of carbonyl (C=O) groups is 1. The van der Waals surface area contributed by atoms with Gasteiger partial charge in [0.1, 0.15) is 12.2 Å². The molecule has 0 aromatic heterocycles. The number of alkyl halides is 1. The van der Waals surface area contributed by atoms with Gasteiger partial charge < -0.3 is 14.2 Å². The Bertz CT molecular complexity index is 278. The number of fused-ring (bicyclic) bond motifs is 1. The SMILES string of the molecule is CC1(C)O[C@H]2[C@@H](CBr)OC(=O)[C@@]2(C)O1. The molecule has 0 N–H and O–H groups in total. The number of hydrogen-bond acceptors (Lipinski definition) is 4. The van der Waals surface area contributed by atoms with Gasteiger partial charge in [-0.25, -0.2) is 4.79 Å². The minimum absolute atomic E-state index is 0.255. The van der Waals surface area contributed by atoms with E-state index in [1.165, 1.54) is 0 Å². The molecule has 0 saturated carbocycles. The third kappa shape index (κ3) is 1.30. The average molecular weight is 265 g/mol. The molecule has 14 heavy (non-hydrogen) atoms.